The zero-order valence-electron chi connectivity index (χ0n) is 8.44. The average Bonchev–Trinajstić information content (AvgIpc) is 2.14. The Labute approximate surface area is 85.0 Å². The SMILES string of the molecule is CS(=O)(=O)CCC(O)N1CCNCC1. The van der Waals surface area contributed by atoms with E-state index in [1.165, 1.54) is 6.26 Å². The molecule has 0 amide bonds. The van der Waals surface area contributed by atoms with Crippen LogP contribution in [-0.4, -0.2) is 62.8 Å². The van der Waals surface area contributed by atoms with Gasteiger partial charge in [0.1, 0.15) is 16.1 Å². The van der Waals surface area contributed by atoms with E-state index in [0.29, 0.717) is 6.42 Å². The smallest absolute Gasteiger partial charge is 0.147 e. The quantitative estimate of drug-likeness (QED) is 0.615. The highest BCUT2D eigenvalue weighted by Gasteiger charge is 2.18. The Balaban J connectivity index is 2.30. The van der Waals surface area contributed by atoms with Gasteiger partial charge in [0.05, 0.1) is 5.75 Å². The fraction of sp³-hybridized carbons (Fsp3) is 1.00. The van der Waals surface area contributed by atoms with Crippen molar-refractivity contribution in [3.63, 3.8) is 0 Å². The van der Waals surface area contributed by atoms with Gasteiger partial charge in [-0.2, -0.15) is 0 Å². The number of rotatable bonds is 4. The molecule has 0 aliphatic carbocycles. The Morgan fingerprint density at radius 3 is 2.50 bits per heavy atom. The van der Waals surface area contributed by atoms with Gasteiger partial charge in [-0.3, -0.25) is 4.90 Å². The van der Waals surface area contributed by atoms with Crippen LogP contribution in [-0.2, 0) is 9.84 Å². The van der Waals surface area contributed by atoms with Crippen molar-refractivity contribution in [3.05, 3.63) is 0 Å². The van der Waals surface area contributed by atoms with Gasteiger partial charge in [0.25, 0.3) is 0 Å². The van der Waals surface area contributed by atoms with Crippen LogP contribution in [0.3, 0.4) is 0 Å². The molecule has 0 aromatic rings. The van der Waals surface area contributed by atoms with Crippen LogP contribution in [0, 0.1) is 0 Å². The second-order valence-electron chi connectivity index (χ2n) is 3.69. The molecule has 0 bridgehead atoms. The van der Waals surface area contributed by atoms with E-state index in [-0.39, 0.29) is 5.75 Å². The van der Waals surface area contributed by atoms with Crippen LogP contribution < -0.4 is 5.32 Å². The molecule has 5 nitrogen and oxygen atoms in total. The van der Waals surface area contributed by atoms with Gasteiger partial charge in [0, 0.05) is 38.9 Å². The fourth-order valence-electron chi connectivity index (χ4n) is 1.48. The number of aliphatic hydroxyl groups is 1. The molecule has 1 fully saturated rings. The molecule has 0 aromatic carbocycles. The largest absolute Gasteiger partial charge is 0.378 e. The van der Waals surface area contributed by atoms with E-state index >= 15 is 0 Å². The number of hydrogen-bond donors (Lipinski definition) is 2. The van der Waals surface area contributed by atoms with Crippen LogP contribution in [0.5, 0.6) is 0 Å². The van der Waals surface area contributed by atoms with Gasteiger partial charge in [0.15, 0.2) is 0 Å². The van der Waals surface area contributed by atoms with Crippen LogP contribution >= 0.6 is 0 Å². The lowest BCUT2D eigenvalue weighted by atomic mass is 10.3. The maximum Gasteiger partial charge on any atom is 0.147 e. The van der Waals surface area contributed by atoms with Crippen LogP contribution in [0.1, 0.15) is 6.42 Å². The van der Waals surface area contributed by atoms with E-state index < -0.39 is 16.1 Å². The summed E-state index contributed by atoms with van der Waals surface area (Å²) in [6, 6.07) is 0. The lowest BCUT2D eigenvalue weighted by Gasteiger charge is -2.31. The minimum absolute atomic E-state index is 0.0537. The highest BCUT2D eigenvalue weighted by atomic mass is 32.2. The molecule has 1 aliphatic heterocycles. The summed E-state index contributed by atoms with van der Waals surface area (Å²) in [6.07, 6.45) is 0.878. The summed E-state index contributed by atoms with van der Waals surface area (Å²) < 4.78 is 21.8. The normalized spacial score (nSPS) is 22.1. The summed E-state index contributed by atoms with van der Waals surface area (Å²) in [5.74, 6) is 0.0537. The molecule has 6 heteroatoms. The molecule has 84 valence electrons. The number of nitrogens with one attached hydrogen (secondary N) is 1. The van der Waals surface area contributed by atoms with Crippen molar-refractivity contribution in [2.45, 2.75) is 12.6 Å². The molecule has 14 heavy (non-hydrogen) atoms. The van der Waals surface area contributed by atoms with Crippen molar-refractivity contribution < 1.29 is 13.5 Å². The van der Waals surface area contributed by atoms with Crippen LogP contribution in [0.4, 0.5) is 0 Å². The molecule has 1 atom stereocenters. The topological polar surface area (TPSA) is 69.6 Å². The Morgan fingerprint density at radius 1 is 1.43 bits per heavy atom. The standard InChI is InChI=1S/C8H18N2O3S/c1-14(12,13)7-2-8(11)10-5-3-9-4-6-10/h8-9,11H,2-7H2,1H3. The number of aliphatic hydroxyl groups excluding tert-OH is 1. The summed E-state index contributed by atoms with van der Waals surface area (Å²) in [4.78, 5) is 1.90. The third kappa shape index (κ3) is 4.36. The highest BCUT2D eigenvalue weighted by Crippen LogP contribution is 2.04. The van der Waals surface area contributed by atoms with E-state index in [9.17, 15) is 13.5 Å². The zero-order valence-corrected chi connectivity index (χ0v) is 9.26. The van der Waals surface area contributed by atoms with E-state index in [0.717, 1.165) is 26.2 Å². The molecule has 1 heterocycles. The molecule has 2 N–H and O–H groups in total. The molecular weight excluding hydrogens is 204 g/mol. The Bertz CT molecular complexity index is 260. The predicted octanol–water partition coefficient (Wildman–Crippen LogP) is -1.36. The minimum Gasteiger partial charge on any atom is -0.378 e. The molecule has 0 radical (unpaired) electrons. The van der Waals surface area contributed by atoms with Crippen LogP contribution in [0.15, 0.2) is 0 Å². The second-order valence-corrected chi connectivity index (χ2v) is 5.94. The van der Waals surface area contributed by atoms with Gasteiger partial charge in [-0.25, -0.2) is 8.42 Å². The Kier molecular flexibility index (Phi) is 4.31. The van der Waals surface area contributed by atoms with Gasteiger partial charge in [-0.1, -0.05) is 0 Å². The fourth-order valence-corrected chi connectivity index (χ4v) is 2.12. The minimum atomic E-state index is -2.96. The number of nitrogens with zero attached hydrogens (tertiary/aromatic N) is 1. The van der Waals surface area contributed by atoms with Gasteiger partial charge < -0.3 is 10.4 Å². The van der Waals surface area contributed by atoms with Crippen LogP contribution in [0.2, 0.25) is 0 Å². The first-order chi connectivity index (χ1) is 6.49. The summed E-state index contributed by atoms with van der Waals surface area (Å²) >= 11 is 0. The van der Waals surface area contributed by atoms with E-state index in [4.69, 9.17) is 0 Å². The van der Waals surface area contributed by atoms with Crippen molar-refractivity contribution in [2.75, 3.05) is 38.2 Å². The number of hydrogen-bond acceptors (Lipinski definition) is 5. The molecule has 0 spiro atoms. The van der Waals surface area contributed by atoms with Gasteiger partial charge >= 0.3 is 0 Å². The predicted molar refractivity (Wildman–Crippen MR) is 54.8 cm³/mol. The van der Waals surface area contributed by atoms with Crippen molar-refractivity contribution in [1.82, 2.24) is 10.2 Å². The summed E-state index contributed by atoms with van der Waals surface area (Å²) in [6.45, 7) is 3.28. The lowest BCUT2D eigenvalue weighted by Crippen LogP contribution is -2.48. The van der Waals surface area contributed by atoms with Crippen molar-refractivity contribution >= 4 is 9.84 Å². The van der Waals surface area contributed by atoms with E-state index in [1.54, 1.807) is 0 Å². The van der Waals surface area contributed by atoms with Crippen molar-refractivity contribution in [2.24, 2.45) is 0 Å². The van der Waals surface area contributed by atoms with E-state index in [1.807, 2.05) is 4.90 Å². The molecular formula is C8H18N2O3S. The average molecular weight is 222 g/mol. The van der Waals surface area contributed by atoms with Crippen LogP contribution in [0.25, 0.3) is 0 Å². The van der Waals surface area contributed by atoms with Gasteiger partial charge in [-0.15, -0.1) is 0 Å². The summed E-state index contributed by atoms with van der Waals surface area (Å²) in [7, 11) is -2.96. The second kappa shape index (κ2) is 5.06. The molecule has 1 saturated heterocycles. The number of piperazine rings is 1. The first-order valence-corrected chi connectivity index (χ1v) is 6.85. The molecule has 1 aliphatic rings. The molecule has 1 rings (SSSR count). The zero-order chi connectivity index (χ0) is 10.6. The number of sulfone groups is 1. The van der Waals surface area contributed by atoms with Crippen molar-refractivity contribution in [3.8, 4) is 0 Å². The Hall–Kier alpha value is -0.170. The highest BCUT2D eigenvalue weighted by molar-refractivity contribution is 7.90. The maximum absolute atomic E-state index is 10.9. The summed E-state index contributed by atoms with van der Waals surface area (Å²) in [5.41, 5.74) is 0. The maximum atomic E-state index is 10.9. The van der Waals surface area contributed by atoms with Gasteiger partial charge in [-0.05, 0) is 0 Å². The lowest BCUT2D eigenvalue weighted by molar-refractivity contribution is -0.00506. The van der Waals surface area contributed by atoms with Gasteiger partial charge in [0.2, 0.25) is 0 Å². The third-order valence-electron chi connectivity index (χ3n) is 2.32. The van der Waals surface area contributed by atoms with Crippen molar-refractivity contribution in [1.29, 1.82) is 0 Å². The first kappa shape index (κ1) is 11.9. The molecule has 1 unspecified atom stereocenters. The third-order valence-corrected chi connectivity index (χ3v) is 3.30. The Morgan fingerprint density at radius 2 is 2.00 bits per heavy atom. The molecule has 0 aromatic heterocycles. The monoisotopic (exact) mass is 222 g/mol. The summed E-state index contributed by atoms with van der Waals surface area (Å²) in [5, 5.41) is 12.8. The van der Waals surface area contributed by atoms with E-state index in [2.05, 4.69) is 5.32 Å². The first-order valence-electron chi connectivity index (χ1n) is 4.79. The molecule has 0 saturated carbocycles.